The highest BCUT2D eigenvalue weighted by Gasteiger charge is 2.04. The fraction of sp³-hybridized carbons (Fsp3) is 0.429. The van der Waals surface area contributed by atoms with Crippen LogP contribution in [0.4, 0.5) is 0 Å². The molecular formula is C14H20ClNS. The Balaban J connectivity index is 2.58. The fourth-order valence-electron chi connectivity index (χ4n) is 1.53. The molecule has 0 aliphatic carbocycles. The summed E-state index contributed by atoms with van der Waals surface area (Å²) in [4.78, 5) is 1.29. The lowest BCUT2D eigenvalue weighted by Crippen LogP contribution is -2.19. The SMILES string of the molecule is CCCNC(C)c1cccc(SCC=CCl)c1. The molecule has 1 aromatic carbocycles. The highest BCUT2D eigenvalue weighted by Crippen LogP contribution is 2.22. The van der Waals surface area contributed by atoms with Gasteiger partial charge < -0.3 is 5.32 Å². The molecule has 0 fully saturated rings. The third-order valence-corrected chi connectivity index (χ3v) is 3.62. The van der Waals surface area contributed by atoms with Crippen LogP contribution in [-0.4, -0.2) is 12.3 Å². The third-order valence-electron chi connectivity index (χ3n) is 2.49. The van der Waals surface area contributed by atoms with Crippen molar-refractivity contribution in [1.29, 1.82) is 0 Å². The molecule has 0 aliphatic rings. The monoisotopic (exact) mass is 269 g/mol. The minimum atomic E-state index is 0.416. The molecule has 0 aromatic heterocycles. The van der Waals surface area contributed by atoms with Crippen molar-refractivity contribution in [2.45, 2.75) is 31.2 Å². The average molecular weight is 270 g/mol. The van der Waals surface area contributed by atoms with Gasteiger partial charge in [0.15, 0.2) is 0 Å². The number of nitrogens with one attached hydrogen (secondary N) is 1. The van der Waals surface area contributed by atoms with Gasteiger partial charge in [-0.05, 0) is 37.6 Å². The summed E-state index contributed by atoms with van der Waals surface area (Å²) in [6.45, 7) is 5.45. The number of hydrogen-bond acceptors (Lipinski definition) is 2. The van der Waals surface area contributed by atoms with E-state index in [4.69, 9.17) is 11.6 Å². The fourth-order valence-corrected chi connectivity index (χ4v) is 2.51. The van der Waals surface area contributed by atoms with Gasteiger partial charge in [-0.2, -0.15) is 0 Å². The molecule has 1 rings (SSSR count). The van der Waals surface area contributed by atoms with E-state index >= 15 is 0 Å². The Morgan fingerprint density at radius 2 is 2.29 bits per heavy atom. The van der Waals surface area contributed by atoms with Gasteiger partial charge in [0.25, 0.3) is 0 Å². The van der Waals surface area contributed by atoms with Gasteiger partial charge in [-0.25, -0.2) is 0 Å². The van der Waals surface area contributed by atoms with Gasteiger partial charge in [0.2, 0.25) is 0 Å². The number of thioether (sulfide) groups is 1. The van der Waals surface area contributed by atoms with Gasteiger partial charge >= 0.3 is 0 Å². The van der Waals surface area contributed by atoms with E-state index in [2.05, 4.69) is 43.4 Å². The summed E-state index contributed by atoms with van der Waals surface area (Å²) in [6.07, 6.45) is 3.12. The summed E-state index contributed by atoms with van der Waals surface area (Å²) in [5.41, 5.74) is 2.92. The van der Waals surface area contributed by atoms with E-state index in [9.17, 15) is 0 Å². The van der Waals surface area contributed by atoms with Crippen molar-refractivity contribution >= 4 is 23.4 Å². The van der Waals surface area contributed by atoms with Crippen LogP contribution in [0.15, 0.2) is 40.8 Å². The second-order valence-electron chi connectivity index (χ2n) is 3.92. The summed E-state index contributed by atoms with van der Waals surface area (Å²) in [7, 11) is 0. The van der Waals surface area contributed by atoms with Crippen molar-refractivity contribution in [1.82, 2.24) is 5.32 Å². The maximum Gasteiger partial charge on any atom is 0.0292 e. The lowest BCUT2D eigenvalue weighted by atomic mass is 10.1. The summed E-state index contributed by atoms with van der Waals surface area (Å²) in [6, 6.07) is 9.10. The van der Waals surface area contributed by atoms with E-state index < -0.39 is 0 Å². The summed E-state index contributed by atoms with van der Waals surface area (Å²) >= 11 is 7.30. The van der Waals surface area contributed by atoms with Crippen molar-refractivity contribution in [3.05, 3.63) is 41.4 Å². The second kappa shape index (κ2) is 8.62. The van der Waals surface area contributed by atoms with Crippen LogP contribution < -0.4 is 5.32 Å². The predicted octanol–water partition coefficient (Wildman–Crippen LogP) is 4.59. The zero-order valence-corrected chi connectivity index (χ0v) is 12.0. The smallest absolute Gasteiger partial charge is 0.0292 e. The van der Waals surface area contributed by atoms with Gasteiger partial charge in [-0.15, -0.1) is 11.8 Å². The number of hydrogen-bond donors (Lipinski definition) is 1. The Bertz CT molecular complexity index is 352. The summed E-state index contributed by atoms with van der Waals surface area (Å²) in [5, 5.41) is 3.50. The standard InChI is InChI=1S/C14H20ClNS/c1-3-9-16-12(2)13-6-4-7-14(11-13)17-10-5-8-15/h4-8,11-12,16H,3,9-10H2,1-2H3. The molecule has 1 nitrogen and oxygen atoms in total. The molecule has 1 unspecified atom stereocenters. The number of benzene rings is 1. The molecule has 1 atom stereocenters. The molecular weight excluding hydrogens is 250 g/mol. The van der Waals surface area contributed by atoms with Gasteiger partial charge in [0, 0.05) is 22.2 Å². The maximum atomic E-state index is 5.50. The Morgan fingerprint density at radius 1 is 1.47 bits per heavy atom. The van der Waals surface area contributed by atoms with Crippen molar-refractivity contribution in [3.8, 4) is 0 Å². The van der Waals surface area contributed by atoms with Crippen LogP contribution >= 0.6 is 23.4 Å². The Labute approximate surface area is 114 Å². The quantitative estimate of drug-likeness (QED) is 0.727. The van der Waals surface area contributed by atoms with Gasteiger partial charge in [-0.3, -0.25) is 0 Å². The molecule has 0 amide bonds. The molecule has 3 heteroatoms. The Hall–Kier alpha value is -0.440. The largest absolute Gasteiger partial charge is 0.310 e. The maximum absolute atomic E-state index is 5.50. The molecule has 94 valence electrons. The van der Waals surface area contributed by atoms with Crippen LogP contribution in [0.1, 0.15) is 31.9 Å². The molecule has 17 heavy (non-hydrogen) atoms. The van der Waals surface area contributed by atoms with E-state index in [0.717, 1.165) is 12.3 Å². The first-order valence-corrected chi connectivity index (χ1v) is 7.41. The first-order valence-electron chi connectivity index (χ1n) is 5.99. The minimum absolute atomic E-state index is 0.416. The molecule has 0 saturated heterocycles. The van der Waals surface area contributed by atoms with Crippen LogP contribution in [0.3, 0.4) is 0 Å². The highest BCUT2D eigenvalue weighted by molar-refractivity contribution is 7.99. The topological polar surface area (TPSA) is 12.0 Å². The molecule has 1 N–H and O–H groups in total. The van der Waals surface area contributed by atoms with Crippen molar-refractivity contribution in [3.63, 3.8) is 0 Å². The molecule has 0 saturated carbocycles. The van der Waals surface area contributed by atoms with E-state index in [0.29, 0.717) is 6.04 Å². The molecule has 0 heterocycles. The zero-order chi connectivity index (χ0) is 12.5. The molecule has 0 bridgehead atoms. The number of halogens is 1. The molecule has 0 spiro atoms. The van der Waals surface area contributed by atoms with Crippen molar-refractivity contribution in [2.75, 3.05) is 12.3 Å². The van der Waals surface area contributed by atoms with Gasteiger partial charge in [0.05, 0.1) is 0 Å². The molecule has 0 aliphatic heterocycles. The van der Waals surface area contributed by atoms with Gasteiger partial charge in [-0.1, -0.05) is 36.7 Å². The molecule has 1 aromatic rings. The predicted molar refractivity (Wildman–Crippen MR) is 78.9 cm³/mol. The normalized spacial score (nSPS) is 13.1. The van der Waals surface area contributed by atoms with Crippen LogP contribution in [0, 0.1) is 0 Å². The van der Waals surface area contributed by atoms with E-state index in [1.807, 2.05) is 6.08 Å². The second-order valence-corrected chi connectivity index (χ2v) is 5.27. The zero-order valence-electron chi connectivity index (χ0n) is 10.4. The first-order chi connectivity index (χ1) is 8.27. The Morgan fingerprint density at radius 3 is 3.00 bits per heavy atom. The summed E-state index contributed by atoms with van der Waals surface area (Å²) in [5.74, 6) is 0.920. The Kier molecular flexibility index (Phi) is 7.41. The average Bonchev–Trinajstić information content (AvgIpc) is 2.36. The molecule has 0 radical (unpaired) electrons. The lowest BCUT2D eigenvalue weighted by molar-refractivity contribution is 0.570. The highest BCUT2D eigenvalue weighted by atomic mass is 35.5. The van der Waals surface area contributed by atoms with Crippen LogP contribution in [0.5, 0.6) is 0 Å². The van der Waals surface area contributed by atoms with Crippen LogP contribution in [0.2, 0.25) is 0 Å². The third kappa shape index (κ3) is 5.62. The van der Waals surface area contributed by atoms with Crippen LogP contribution in [0.25, 0.3) is 0 Å². The van der Waals surface area contributed by atoms with Crippen LogP contribution in [-0.2, 0) is 0 Å². The van der Waals surface area contributed by atoms with Crippen molar-refractivity contribution < 1.29 is 0 Å². The van der Waals surface area contributed by atoms with Crippen molar-refractivity contribution in [2.24, 2.45) is 0 Å². The minimum Gasteiger partial charge on any atom is -0.310 e. The van der Waals surface area contributed by atoms with Gasteiger partial charge in [0.1, 0.15) is 0 Å². The van der Waals surface area contributed by atoms with E-state index in [-0.39, 0.29) is 0 Å². The van der Waals surface area contributed by atoms with E-state index in [1.165, 1.54) is 16.9 Å². The number of rotatable bonds is 7. The first kappa shape index (κ1) is 14.6. The summed E-state index contributed by atoms with van der Waals surface area (Å²) < 4.78 is 0. The lowest BCUT2D eigenvalue weighted by Gasteiger charge is -2.14. The van der Waals surface area contributed by atoms with E-state index in [1.54, 1.807) is 17.3 Å².